The Bertz CT molecular complexity index is 567. The minimum absolute atomic E-state index is 0.0838. The molecule has 0 saturated carbocycles. The van der Waals surface area contributed by atoms with Gasteiger partial charge in [-0.15, -0.1) is 0 Å². The first-order valence-corrected chi connectivity index (χ1v) is 10.8. The third kappa shape index (κ3) is 9.93. The Hall–Kier alpha value is -1.07. The summed E-state index contributed by atoms with van der Waals surface area (Å²) in [4.78, 5) is 0. The number of aryl methyl sites for hydroxylation is 1. The van der Waals surface area contributed by atoms with Crippen molar-refractivity contribution in [3.8, 4) is 5.75 Å². The second kappa shape index (κ2) is 11.5. The molecule has 0 aromatic heterocycles. The molecule has 0 fully saturated rings. The van der Waals surface area contributed by atoms with Crippen LogP contribution in [0.15, 0.2) is 18.2 Å². The van der Waals surface area contributed by atoms with Crippen LogP contribution in [0.4, 0.5) is 0 Å². The van der Waals surface area contributed by atoms with Gasteiger partial charge in [0, 0.05) is 5.56 Å². The van der Waals surface area contributed by atoms with Crippen molar-refractivity contribution in [3.63, 3.8) is 0 Å². The molecule has 0 heterocycles. The van der Waals surface area contributed by atoms with Crippen molar-refractivity contribution in [2.75, 3.05) is 0 Å². The van der Waals surface area contributed by atoms with Gasteiger partial charge in [0.25, 0.3) is 10.1 Å². The van der Waals surface area contributed by atoms with Crippen LogP contribution >= 0.6 is 0 Å². The average Bonchev–Trinajstić information content (AvgIpc) is 2.51. The molecule has 0 unspecified atom stereocenters. The summed E-state index contributed by atoms with van der Waals surface area (Å²) in [5.41, 5.74) is 1.27. The van der Waals surface area contributed by atoms with E-state index in [1.54, 1.807) is 6.07 Å². The Morgan fingerprint density at radius 1 is 0.875 bits per heavy atom. The molecule has 0 aliphatic heterocycles. The SMILES string of the molecule is CCCCCCCCCCCCc1ccc(O)c(CS(=O)(=O)O)c1. The van der Waals surface area contributed by atoms with Crippen molar-refractivity contribution in [1.29, 1.82) is 0 Å². The van der Waals surface area contributed by atoms with Gasteiger partial charge in [0.1, 0.15) is 11.5 Å². The quantitative estimate of drug-likeness (QED) is 0.374. The first-order valence-electron chi connectivity index (χ1n) is 9.18. The van der Waals surface area contributed by atoms with Crippen molar-refractivity contribution in [1.82, 2.24) is 0 Å². The molecule has 5 heteroatoms. The molecule has 24 heavy (non-hydrogen) atoms. The minimum Gasteiger partial charge on any atom is -0.508 e. The molecule has 0 aliphatic rings. The molecule has 0 amide bonds. The Labute approximate surface area is 147 Å². The second-order valence-corrected chi connectivity index (χ2v) is 8.07. The van der Waals surface area contributed by atoms with Crippen LogP contribution in [0.2, 0.25) is 0 Å². The molecule has 1 rings (SSSR count). The first-order chi connectivity index (χ1) is 11.4. The van der Waals surface area contributed by atoms with Gasteiger partial charge in [-0.3, -0.25) is 4.55 Å². The fourth-order valence-corrected chi connectivity index (χ4v) is 3.55. The molecule has 0 radical (unpaired) electrons. The lowest BCUT2D eigenvalue weighted by Crippen LogP contribution is -2.02. The fraction of sp³-hybridized carbons (Fsp3) is 0.684. The zero-order chi connectivity index (χ0) is 17.8. The summed E-state index contributed by atoms with van der Waals surface area (Å²) >= 11 is 0. The number of benzene rings is 1. The van der Waals surface area contributed by atoms with E-state index in [1.807, 2.05) is 6.07 Å². The van der Waals surface area contributed by atoms with Crippen LogP contribution in [0.3, 0.4) is 0 Å². The van der Waals surface area contributed by atoms with Crippen molar-refractivity contribution in [3.05, 3.63) is 29.3 Å². The van der Waals surface area contributed by atoms with E-state index in [0.717, 1.165) is 18.4 Å². The molecule has 1 aromatic carbocycles. The van der Waals surface area contributed by atoms with Crippen LogP contribution < -0.4 is 0 Å². The highest BCUT2D eigenvalue weighted by atomic mass is 32.2. The summed E-state index contributed by atoms with van der Waals surface area (Å²) in [5.74, 6) is -0.621. The van der Waals surface area contributed by atoms with Crippen LogP contribution in [-0.2, 0) is 22.3 Å². The van der Waals surface area contributed by atoms with Crippen LogP contribution in [0, 0.1) is 0 Å². The summed E-state index contributed by atoms with van der Waals surface area (Å²) in [5, 5.41) is 9.67. The summed E-state index contributed by atoms with van der Waals surface area (Å²) in [7, 11) is -4.12. The number of hydrogen-bond donors (Lipinski definition) is 2. The number of unbranched alkanes of at least 4 members (excludes halogenated alkanes) is 9. The number of rotatable bonds is 13. The number of phenolic OH excluding ortho intramolecular Hbond substituents is 1. The van der Waals surface area contributed by atoms with E-state index in [4.69, 9.17) is 4.55 Å². The number of hydrogen-bond acceptors (Lipinski definition) is 3. The Morgan fingerprint density at radius 2 is 1.42 bits per heavy atom. The Balaban J connectivity index is 2.20. The highest BCUT2D eigenvalue weighted by molar-refractivity contribution is 7.85. The molecular weight excluding hydrogens is 324 g/mol. The van der Waals surface area contributed by atoms with Crippen LogP contribution in [0.5, 0.6) is 5.75 Å². The van der Waals surface area contributed by atoms with Gasteiger partial charge < -0.3 is 5.11 Å². The van der Waals surface area contributed by atoms with E-state index >= 15 is 0 Å². The summed E-state index contributed by atoms with van der Waals surface area (Å²) in [6.45, 7) is 2.24. The van der Waals surface area contributed by atoms with Crippen molar-refractivity contribution >= 4 is 10.1 Å². The van der Waals surface area contributed by atoms with E-state index in [-0.39, 0.29) is 11.3 Å². The zero-order valence-corrected chi connectivity index (χ0v) is 15.7. The van der Waals surface area contributed by atoms with E-state index in [9.17, 15) is 13.5 Å². The Kier molecular flexibility index (Phi) is 10.0. The lowest BCUT2D eigenvalue weighted by molar-refractivity contribution is 0.461. The monoisotopic (exact) mass is 356 g/mol. The summed E-state index contributed by atoms with van der Waals surface area (Å²) in [6.07, 6.45) is 13.7. The standard InChI is InChI=1S/C19H32O4S/c1-2-3-4-5-6-7-8-9-10-11-12-17-13-14-19(20)18(15-17)16-24(21,22)23/h13-15,20H,2-12,16H2,1H3,(H,21,22,23). The Morgan fingerprint density at radius 3 is 1.96 bits per heavy atom. The van der Waals surface area contributed by atoms with Gasteiger partial charge in [0.2, 0.25) is 0 Å². The van der Waals surface area contributed by atoms with Crippen LogP contribution in [0.1, 0.15) is 82.3 Å². The van der Waals surface area contributed by atoms with E-state index in [2.05, 4.69) is 6.92 Å². The maximum atomic E-state index is 11.0. The molecule has 0 spiro atoms. The molecule has 0 atom stereocenters. The number of aromatic hydroxyl groups is 1. The van der Waals surface area contributed by atoms with Crippen LogP contribution in [0.25, 0.3) is 0 Å². The topological polar surface area (TPSA) is 74.6 Å². The van der Waals surface area contributed by atoms with Gasteiger partial charge >= 0.3 is 0 Å². The largest absolute Gasteiger partial charge is 0.508 e. The summed E-state index contributed by atoms with van der Waals surface area (Å²) < 4.78 is 30.8. The molecule has 138 valence electrons. The molecule has 0 bridgehead atoms. The van der Waals surface area contributed by atoms with E-state index < -0.39 is 15.9 Å². The molecule has 2 N–H and O–H groups in total. The van der Waals surface area contributed by atoms with Crippen molar-refractivity contribution < 1.29 is 18.1 Å². The molecule has 0 aliphatic carbocycles. The smallest absolute Gasteiger partial charge is 0.269 e. The highest BCUT2D eigenvalue weighted by Gasteiger charge is 2.11. The second-order valence-electron chi connectivity index (χ2n) is 6.62. The molecular formula is C19H32O4S. The minimum atomic E-state index is -4.12. The normalized spacial score (nSPS) is 11.8. The van der Waals surface area contributed by atoms with Gasteiger partial charge in [-0.05, 0) is 24.5 Å². The van der Waals surface area contributed by atoms with Crippen molar-refractivity contribution in [2.45, 2.75) is 83.3 Å². The lowest BCUT2D eigenvalue weighted by atomic mass is 10.0. The van der Waals surface area contributed by atoms with Gasteiger partial charge in [-0.1, -0.05) is 76.8 Å². The third-order valence-electron chi connectivity index (χ3n) is 4.30. The predicted molar refractivity (Wildman–Crippen MR) is 98.9 cm³/mol. The highest BCUT2D eigenvalue weighted by Crippen LogP contribution is 2.22. The number of phenols is 1. The average molecular weight is 357 g/mol. The fourth-order valence-electron chi connectivity index (χ4n) is 2.92. The van der Waals surface area contributed by atoms with Crippen molar-refractivity contribution in [2.24, 2.45) is 0 Å². The summed E-state index contributed by atoms with van der Waals surface area (Å²) in [6, 6.07) is 5.00. The maximum Gasteiger partial charge on any atom is 0.269 e. The molecule has 4 nitrogen and oxygen atoms in total. The zero-order valence-electron chi connectivity index (χ0n) is 14.8. The molecule has 1 aromatic rings. The van der Waals surface area contributed by atoms with Gasteiger partial charge in [-0.25, -0.2) is 0 Å². The van der Waals surface area contributed by atoms with Gasteiger partial charge in [0.05, 0.1) is 0 Å². The first kappa shape index (κ1) is 21.0. The van der Waals surface area contributed by atoms with Gasteiger partial charge in [0.15, 0.2) is 0 Å². The predicted octanol–water partition coefficient (Wildman–Crippen LogP) is 5.24. The maximum absolute atomic E-state index is 11.0. The third-order valence-corrected chi connectivity index (χ3v) is 4.98. The van der Waals surface area contributed by atoms with Crippen LogP contribution in [-0.4, -0.2) is 18.1 Å². The van der Waals surface area contributed by atoms with Gasteiger partial charge in [-0.2, -0.15) is 8.42 Å². The lowest BCUT2D eigenvalue weighted by Gasteiger charge is -2.07. The van der Waals surface area contributed by atoms with E-state index in [1.165, 1.54) is 63.9 Å². The molecule has 0 saturated heterocycles. The van der Waals surface area contributed by atoms with E-state index in [0.29, 0.717) is 0 Å².